The van der Waals surface area contributed by atoms with E-state index in [2.05, 4.69) is 37.8 Å². The van der Waals surface area contributed by atoms with Crippen LogP contribution in [0, 0.1) is 0 Å². The van der Waals surface area contributed by atoms with Gasteiger partial charge in [-0.15, -0.1) is 0 Å². The number of hydrogen-bond acceptors (Lipinski definition) is 7. The van der Waals surface area contributed by atoms with Gasteiger partial charge >= 0.3 is 0 Å². The number of nitrogens with one attached hydrogen (secondary N) is 2. The second kappa shape index (κ2) is 9.46. The Balaban J connectivity index is 1.80. The number of hydrogen-bond donors (Lipinski definition) is 2. The number of carbonyl (C=O) groups is 1. The second-order valence-electron chi connectivity index (χ2n) is 8.20. The van der Waals surface area contributed by atoms with Gasteiger partial charge in [-0.25, -0.2) is 10.5 Å². The maximum absolute atomic E-state index is 13.0. The zero-order valence-corrected chi connectivity index (χ0v) is 18.6. The van der Waals surface area contributed by atoms with Gasteiger partial charge in [0.2, 0.25) is 11.4 Å². The number of carbonyl (C=O) groups excluding carboxylic acids is 1. The molecule has 0 fully saturated rings. The van der Waals surface area contributed by atoms with E-state index in [1.807, 2.05) is 20.2 Å². The summed E-state index contributed by atoms with van der Waals surface area (Å²) in [5, 5.41) is 3.50. The van der Waals surface area contributed by atoms with E-state index in [-0.39, 0.29) is 10.9 Å². The number of fused-ring (bicyclic) bond motifs is 2. The minimum absolute atomic E-state index is 0.0323. The highest BCUT2D eigenvalue weighted by Gasteiger charge is 2.19. The largest absolute Gasteiger partial charge is 0.354 e. The molecule has 1 aliphatic rings. The van der Waals surface area contributed by atoms with Gasteiger partial charge in [0.1, 0.15) is 5.56 Å². The van der Waals surface area contributed by atoms with Crippen LogP contribution in [-0.2, 0) is 17.7 Å². The Kier molecular flexibility index (Phi) is 6.48. The van der Waals surface area contributed by atoms with Crippen molar-refractivity contribution in [3.8, 4) is 5.69 Å². The van der Waals surface area contributed by atoms with Crippen molar-refractivity contribution in [3.05, 3.63) is 57.5 Å². The van der Waals surface area contributed by atoms with E-state index in [9.17, 15) is 9.59 Å². The lowest BCUT2D eigenvalue weighted by Crippen LogP contribution is -2.29. The summed E-state index contributed by atoms with van der Waals surface area (Å²) in [6, 6.07) is 6.22. The van der Waals surface area contributed by atoms with E-state index in [4.69, 9.17) is 4.84 Å². The van der Waals surface area contributed by atoms with Crippen LogP contribution in [0.2, 0.25) is 0 Å². The van der Waals surface area contributed by atoms with Crippen LogP contribution in [0.25, 0.3) is 16.7 Å². The molecule has 1 aliphatic carbocycles. The van der Waals surface area contributed by atoms with Crippen molar-refractivity contribution in [2.45, 2.75) is 25.7 Å². The summed E-state index contributed by atoms with van der Waals surface area (Å²) in [5.41, 5.74) is 5.69. The summed E-state index contributed by atoms with van der Waals surface area (Å²) in [6.07, 6.45) is 7.17. The summed E-state index contributed by atoms with van der Waals surface area (Å²) in [4.78, 5) is 41.3. The summed E-state index contributed by atoms with van der Waals surface area (Å²) >= 11 is 0. The van der Waals surface area contributed by atoms with Crippen LogP contribution in [0.15, 0.2) is 35.4 Å². The highest BCUT2D eigenvalue weighted by Crippen LogP contribution is 2.26. The summed E-state index contributed by atoms with van der Waals surface area (Å²) < 4.78 is 1.78. The average Bonchev–Trinajstić information content (AvgIpc) is 3.25. The third-order valence-corrected chi connectivity index (χ3v) is 5.61. The first-order chi connectivity index (χ1) is 15.5. The third-order valence-electron chi connectivity index (χ3n) is 5.61. The quantitative estimate of drug-likeness (QED) is 0.411. The maximum atomic E-state index is 13.0. The molecule has 168 valence electrons. The van der Waals surface area contributed by atoms with E-state index < -0.39 is 11.3 Å². The predicted octanol–water partition coefficient (Wildman–Crippen LogP) is 1.92. The zero-order chi connectivity index (χ0) is 22.7. The van der Waals surface area contributed by atoms with Gasteiger partial charge in [0.25, 0.3) is 5.91 Å². The SMILES string of the molecule is CONC(=O)c1cn(-c2ccc3c(c2)CCC3)c2nc(NCCCN(C)C)ncc2c1=O. The van der Waals surface area contributed by atoms with E-state index in [1.54, 1.807) is 4.57 Å². The van der Waals surface area contributed by atoms with Crippen molar-refractivity contribution < 1.29 is 9.63 Å². The fraction of sp³-hybridized carbons (Fsp3) is 0.391. The molecule has 0 saturated heterocycles. The van der Waals surface area contributed by atoms with E-state index in [0.29, 0.717) is 18.1 Å². The summed E-state index contributed by atoms with van der Waals surface area (Å²) in [6.45, 7) is 1.65. The number of benzene rings is 1. The van der Waals surface area contributed by atoms with Gasteiger partial charge in [0.15, 0.2) is 5.65 Å². The van der Waals surface area contributed by atoms with Crippen LogP contribution < -0.4 is 16.2 Å². The number of pyridine rings is 1. The van der Waals surface area contributed by atoms with Gasteiger partial charge < -0.3 is 14.8 Å². The number of hydroxylamine groups is 1. The highest BCUT2D eigenvalue weighted by molar-refractivity contribution is 5.96. The Hall–Kier alpha value is -3.30. The molecule has 9 nitrogen and oxygen atoms in total. The number of nitrogens with zero attached hydrogens (tertiary/aromatic N) is 4. The molecule has 2 N–H and O–H groups in total. The number of aromatic nitrogens is 3. The minimum atomic E-state index is -0.611. The van der Waals surface area contributed by atoms with Crippen molar-refractivity contribution in [1.82, 2.24) is 24.9 Å². The van der Waals surface area contributed by atoms with Crippen molar-refractivity contribution in [1.29, 1.82) is 0 Å². The number of aryl methyl sites for hydroxylation is 2. The molecule has 3 aromatic rings. The lowest BCUT2D eigenvalue weighted by Gasteiger charge is -2.15. The van der Waals surface area contributed by atoms with Crippen molar-refractivity contribution in [2.75, 3.05) is 39.6 Å². The molecule has 0 spiro atoms. The van der Waals surface area contributed by atoms with Gasteiger partial charge in [-0.1, -0.05) is 6.07 Å². The summed E-state index contributed by atoms with van der Waals surface area (Å²) in [5.74, 6) is -0.167. The number of amides is 1. The topological polar surface area (TPSA) is 101 Å². The van der Waals surface area contributed by atoms with Gasteiger partial charge in [-0.05, 0) is 69.6 Å². The van der Waals surface area contributed by atoms with E-state index >= 15 is 0 Å². The van der Waals surface area contributed by atoms with E-state index in [0.717, 1.165) is 37.9 Å². The molecule has 0 radical (unpaired) electrons. The van der Waals surface area contributed by atoms with Crippen LogP contribution in [0.3, 0.4) is 0 Å². The normalized spacial score (nSPS) is 12.9. The van der Waals surface area contributed by atoms with Gasteiger partial charge in [-0.2, -0.15) is 4.98 Å². The standard InChI is InChI=1S/C23H28N6O3/c1-28(2)11-5-10-24-23-25-13-18-20(30)19(22(31)27-32-3)14-29(21(18)26-23)17-9-8-15-6-4-7-16(15)12-17/h8-9,12-14H,4-7,10-11H2,1-3H3,(H,27,31)(H,24,25,26). The zero-order valence-electron chi connectivity index (χ0n) is 18.6. The maximum Gasteiger partial charge on any atom is 0.280 e. The summed E-state index contributed by atoms with van der Waals surface area (Å²) in [7, 11) is 5.38. The molecule has 4 rings (SSSR count). The fourth-order valence-corrected chi connectivity index (χ4v) is 4.01. The average molecular weight is 437 g/mol. The molecule has 2 heterocycles. The lowest BCUT2D eigenvalue weighted by molar-refractivity contribution is 0.0536. The van der Waals surface area contributed by atoms with Gasteiger partial charge in [0, 0.05) is 24.6 Å². The molecule has 0 atom stereocenters. The molecule has 2 aromatic heterocycles. The first-order valence-corrected chi connectivity index (χ1v) is 10.7. The monoisotopic (exact) mass is 436 g/mol. The van der Waals surface area contributed by atoms with Gasteiger partial charge in [-0.3, -0.25) is 14.4 Å². The van der Waals surface area contributed by atoms with E-state index in [1.165, 1.54) is 30.6 Å². The molecular formula is C23H28N6O3. The molecule has 1 amide bonds. The fourth-order valence-electron chi connectivity index (χ4n) is 4.01. The third kappa shape index (κ3) is 4.49. The van der Waals surface area contributed by atoms with Gasteiger partial charge in [0.05, 0.1) is 12.5 Å². The Morgan fingerprint density at radius 2 is 2.06 bits per heavy atom. The highest BCUT2D eigenvalue weighted by atomic mass is 16.6. The van der Waals surface area contributed by atoms with Crippen LogP contribution in [-0.4, -0.2) is 59.6 Å². The molecule has 0 unspecified atom stereocenters. The van der Waals surface area contributed by atoms with Crippen LogP contribution >= 0.6 is 0 Å². The minimum Gasteiger partial charge on any atom is -0.354 e. The van der Waals surface area contributed by atoms with Crippen molar-refractivity contribution in [3.63, 3.8) is 0 Å². The van der Waals surface area contributed by atoms with Crippen molar-refractivity contribution in [2.24, 2.45) is 0 Å². The Morgan fingerprint density at radius 3 is 2.84 bits per heavy atom. The molecule has 32 heavy (non-hydrogen) atoms. The molecular weight excluding hydrogens is 408 g/mol. The van der Waals surface area contributed by atoms with Crippen LogP contribution in [0.4, 0.5) is 5.95 Å². The van der Waals surface area contributed by atoms with Crippen LogP contribution in [0.5, 0.6) is 0 Å². The first-order valence-electron chi connectivity index (χ1n) is 10.7. The van der Waals surface area contributed by atoms with Crippen molar-refractivity contribution >= 4 is 22.9 Å². The Morgan fingerprint density at radius 1 is 1.25 bits per heavy atom. The Bertz CT molecular complexity index is 1200. The predicted molar refractivity (Wildman–Crippen MR) is 123 cm³/mol. The first kappa shape index (κ1) is 21.9. The number of anilines is 1. The molecule has 0 bridgehead atoms. The molecule has 1 aromatic carbocycles. The molecule has 0 saturated carbocycles. The van der Waals surface area contributed by atoms with Crippen LogP contribution in [0.1, 0.15) is 34.3 Å². The lowest BCUT2D eigenvalue weighted by atomic mass is 10.1. The molecule has 9 heteroatoms. The second-order valence-corrected chi connectivity index (χ2v) is 8.20. The Labute approximate surface area is 186 Å². The molecule has 0 aliphatic heterocycles. The number of rotatable bonds is 8. The smallest absolute Gasteiger partial charge is 0.280 e.